The normalized spacial score (nSPS) is 14.5. The summed E-state index contributed by atoms with van der Waals surface area (Å²) in [7, 11) is 1.47. The molecule has 244 valence electrons. The second kappa shape index (κ2) is 15.1. The van der Waals surface area contributed by atoms with Gasteiger partial charge in [0.1, 0.15) is 23.0 Å². The molecule has 2 heterocycles. The van der Waals surface area contributed by atoms with Crippen LogP contribution in [-0.4, -0.2) is 81.8 Å². The average molecular weight is 644 g/mol. The lowest BCUT2D eigenvalue weighted by Gasteiger charge is -2.38. The Morgan fingerprint density at radius 1 is 1.07 bits per heavy atom. The number of hydrogen-bond acceptors (Lipinski definition) is 9. The van der Waals surface area contributed by atoms with Gasteiger partial charge in [0, 0.05) is 25.5 Å². The number of halogens is 1. The highest BCUT2D eigenvalue weighted by atomic mass is 35.5. The number of rotatable bonds is 8. The molecule has 2 aromatic rings. The predicted molar refractivity (Wildman–Crippen MR) is 169 cm³/mol. The van der Waals surface area contributed by atoms with E-state index in [4.69, 9.17) is 31.1 Å². The topological polar surface area (TPSA) is 159 Å². The summed E-state index contributed by atoms with van der Waals surface area (Å²) < 4.78 is 16.9. The van der Waals surface area contributed by atoms with E-state index < -0.39 is 29.4 Å². The van der Waals surface area contributed by atoms with E-state index in [1.54, 1.807) is 48.8 Å². The molecule has 14 heteroatoms. The number of carbonyl (C=O) groups excluding carboxylic acids is 3. The van der Waals surface area contributed by atoms with E-state index in [1.807, 2.05) is 26.8 Å². The minimum absolute atomic E-state index is 0.0732. The number of ether oxygens (including phenoxy) is 3. The van der Waals surface area contributed by atoms with Gasteiger partial charge in [0.2, 0.25) is 0 Å². The highest BCUT2D eigenvalue weighted by Crippen LogP contribution is 2.34. The number of nitriles is 1. The third kappa shape index (κ3) is 10.7. The molecule has 45 heavy (non-hydrogen) atoms. The van der Waals surface area contributed by atoms with E-state index in [0.717, 1.165) is 0 Å². The zero-order valence-electron chi connectivity index (χ0n) is 26.8. The lowest BCUT2D eigenvalue weighted by molar-refractivity contribution is 0.00459. The molecule has 1 aliphatic rings. The molecule has 0 radical (unpaired) electrons. The van der Waals surface area contributed by atoms with E-state index in [0.29, 0.717) is 49.5 Å². The van der Waals surface area contributed by atoms with Gasteiger partial charge in [-0.2, -0.15) is 5.26 Å². The van der Waals surface area contributed by atoms with Gasteiger partial charge >= 0.3 is 18.2 Å². The maximum atomic E-state index is 13.6. The predicted octanol–water partition coefficient (Wildman–Crippen LogP) is 6.16. The number of carbonyl (C=O) groups is 3. The molecular formula is C31H42ClN7O6. The zero-order valence-corrected chi connectivity index (χ0v) is 27.6. The van der Waals surface area contributed by atoms with Crippen molar-refractivity contribution in [3.63, 3.8) is 0 Å². The molecule has 0 spiro atoms. The summed E-state index contributed by atoms with van der Waals surface area (Å²) in [5, 5.41) is 14.1. The number of nitrogens with zero attached hydrogens (tertiary/aromatic N) is 5. The van der Waals surface area contributed by atoms with Gasteiger partial charge < -0.3 is 24.4 Å². The maximum Gasteiger partial charge on any atom is 0.410 e. The Kier molecular flexibility index (Phi) is 11.8. The van der Waals surface area contributed by atoms with Crippen LogP contribution in [0.2, 0.25) is 0 Å². The molecule has 4 amide bonds. The molecule has 0 aliphatic carbocycles. The van der Waals surface area contributed by atoms with Crippen molar-refractivity contribution in [1.82, 2.24) is 19.8 Å². The molecule has 3 rings (SSSR count). The minimum atomic E-state index is -0.732. The largest absolute Gasteiger partial charge is 0.495 e. The number of aromatic nitrogens is 2. The number of hydrogen-bond donors (Lipinski definition) is 2. The van der Waals surface area contributed by atoms with Gasteiger partial charge in [-0.05, 0) is 78.0 Å². The Hall–Kier alpha value is -4.31. The van der Waals surface area contributed by atoms with Crippen LogP contribution in [0, 0.1) is 17.2 Å². The summed E-state index contributed by atoms with van der Waals surface area (Å²) in [6.45, 7) is 12.3. The average Bonchev–Trinajstić information content (AvgIpc) is 2.96. The molecule has 1 fully saturated rings. The van der Waals surface area contributed by atoms with E-state index in [1.165, 1.54) is 19.5 Å². The molecule has 2 N–H and O–H groups in total. The van der Waals surface area contributed by atoms with Crippen molar-refractivity contribution in [1.29, 1.82) is 5.26 Å². The van der Waals surface area contributed by atoms with Crippen molar-refractivity contribution < 1.29 is 28.6 Å². The second-order valence-electron chi connectivity index (χ2n) is 12.7. The third-order valence-electron chi connectivity index (χ3n) is 6.74. The summed E-state index contributed by atoms with van der Waals surface area (Å²) in [6, 6.07) is 5.83. The Labute approximate surface area is 269 Å². The number of anilines is 2. The van der Waals surface area contributed by atoms with Crippen LogP contribution >= 0.6 is 11.6 Å². The van der Waals surface area contributed by atoms with Crippen LogP contribution in [0.1, 0.15) is 71.7 Å². The smallest absolute Gasteiger partial charge is 0.410 e. The van der Waals surface area contributed by atoms with Crippen LogP contribution in [0.5, 0.6) is 5.75 Å². The number of amides is 4. The summed E-state index contributed by atoms with van der Waals surface area (Å²) in [5.74, 6) is 0.676. The standard InChI is InChI=1S/C31H42ClN7O6/c1-30(2,3)44-28(41)38-12-10-20(11-13-38)19-39(29(42)45-31(4,5)6)24(15-32)21-8-9-23(25(14-21)43-7)36-27(40)37-26-18-34-22(16-33)17-35-26/h8-9,14,17-18,20,24H,10-13,15,19H2,1-7H3,(H2,35,36,37,40). The molecule has 1 aliphatic heterocycles. The lowest BCUT2D eigenvalue weighted by Crippen LogP contribution is -2.46. The lowest BCUT2D eigenvalue weighted by atomic mass is 9.95. The van der Waals surface area contributed by atoms with Crippen molar-refractivity contribution in [3.8, 4) is 11.8 Å². The van der Waals surface area contributed by atoms with Gasteiger partial charge in [0.15, 0.2) is 11.5 Å². The van der Waals surface area contributed by atoms with E-state index in [2.05, 4.69) is 20.6 Å². The summed E-state index contributed by atoms with van der Waals surface area (Å²) in [4.78, 5) is 49.9. The van der Waals surface area contributed by atoms with Gasteiger partial charge in [-0.25, -0.2) is 24.4 Å². The third-order valence-corrected chi connectivity index (χ3v) is 7.03. The van der Waals surface area contributed by atoms with Crippen LogP contribution in [-0.2, 0) is 9.47 Å². The first-order chi connectivity index (χ1) is 21.1. The number of likely N-dealkylation sites (tertiary alicyclic amines) is 1. The molecule has 1 aromatic heterocycles. The first kappa shape index (κ1) is 35.2. The van der Waals surface area contributed by atoms with Gasteiger partial charge in [0.05, 0.1) is 31.2 Å². The van der Waals surface area contributed by atoms with Crippen LogP contribution in [0.25, 0.3) is 0 Å². The quantitative estimate of drug-likeness (QED) is 0.321. The Morgan fingerprint density at radius 3 is 2.27 bits per heavy atom. The fourth-order valence-electron chi connectivity index (χ4n) is 4.64. The van der Waals surface area contributed by atoms with E-state index >= 15 is 0 Å². The summed E-state index contributed by atoms with van der Waals surface area (Å²) in [5.41, 5.74) is -0.136. The zero-order chi connectivity index (χ0) is 33.4. The number of nitrogens with one attached hydrogen (secondary N) is 2. The summed E-state index contributed by atoms with van der Waals surface area (Å²) >= 11 is 6.52. The van der Waals surface area contributed by atoms with Crippen LogP contribution in [0.15, 0.2) is 30.6 Å². The van der Waals surface area contributed by atoms with Crippen LogP contribution in [0.3, 0.4) is 0 Å². The van der Waals surface area contributed by atoms with Crippen molar-refractivity contribution in [2.75, 3.05) is 43.3 Å². The number of benzene rings is 1. The summed E-state index contributed by atoms with van der Waals surface area (Å²) in [6.07, 6.45) is 3.03. The second-order valence-corrected chi connectivity index (χ2v) is 13.0. The molecule has 0 bridgehead atoms. The number of urea groups is 1. The van der Waals surface area contributed by atoms with E-state index in [-0.39, 0.29) is 29.4 Å². The molecule has 0 saturated carbocycles. The molecule has 1 atom stereocenters. The van der Waals surface area contributed by atoms with Crippen LogP contribution < -0.4 is 15.4 Å². The molecule has 1 saturated heterocycles. The van der Waals surface area contributed by atoms with Gasteiger partial charge in [-0.3, -0.25) is 10.2 Å². The fourth-order valence-corrected chi connectivity index (χ4v) is 4.99. The monoisotopic (exact) mass is 643 g/mol. The highest BCUT2D eigenvalue weighted by molar-refractivity contribution is 6.18. The number of methoxy groups -OCH3 is 1. The minimum Gasteiger partial charge on any atom is -0.495 e. The SMILES string of the molecule is COc1cc(C(CCl)N(CC2CCN(C(=O)OC(C)(C)C)CC2)C(=O)OC(C)(C)C)ccc1NC(=O)Nc1cnc(C#N)cn1. The Bertz CT molecular complexity index is 1380. The van der Waals surface area contributed by atoms with Gasteiger partial charge in [-0.15, -0.1) is 11.6 Å². The molecule has 1 unspecified atom stereocenters. The van der Waals surface area contributed by atoms with Gasteiger partial charge in [0.25, 0.3) is 0 Å². The van der Waals surface area contributed by atoms with E-state index in [9.17, 15) is 14.4 Å². The number of alkyl halides is 1. The molecule has 13 nitrogen and oxygen atoms in total. The molecular weight excluding hydrogens is 602 g/mol. The molecule has 1 aromatic carbocycles. The number of piperidine rings is 1. The Morgan fingerprint density at radius 2 is 1.73 bits per heavy atom. The maximum absolute atomic E-state index is 13.6. The highest BCUT2D eigenvalue weighted by Gasteiger charge is 2.34. The first-order valence-electron chi connectivity index (χ1n) is 14.6. The van der Waals surface area contributed by atoms with Crippen molar-refractivity contribution in [2.24, 2.45) is 5.92 Å². The van der Waals surface area contributed by atoms with Crippen molar-refractivity contribution in [2.45, 2.75) is 71.6 Å². The van der Waals surface area contributed by atoms with Crippen molar-refractivity contribution >= 4 is 41.3 Å². The fraction of sp³-hybridized carbons (Fsp3) is 0.548. The first-order valence-corrected chi connectivity index (χ1v) is 15.2. The van der Waals surface area contributed by atoms with Crippen LogP contribution in [0.4, 0.5) is 25.9 Å². The van der Waals surface area contributed by atoms with Gasteiger partial charge in [-0.1, -0.05) is 6.07 Å². The van der Waals surface area contributed by atoms with Crippen molar-refractivity contribution in [3.05, 3.63) is 41.9 Å². The Balaban J connectivity index is 1.77.